The van der Waals surface area contributed by atoms with Crippen molar-refractivity contribution in [2.45, 2.75) is 13.5 Å². The number of hydrogen-bond donors (Lipinski definition) is 0. The first-order valence-electron chi connectivity index (χ1n) is 7.02. The molecule has 116 valence electrons. The molecule has 0 spiro atoms. The average Bonchev–Trinajstić information content (AvgIpc) is 2.53. The van der Waals surface area contributed by atoms with E-state index in [0.29, 0.717) is 22.2 Å². The number of pyridine rings is 1. The fraction of sp³-hybridized carbons (Fsp3) is 0.111. The van der Waals surface area contributed by atoms with Crippen LogP contribution in [0.15, 0.2) is 48.5 Å². The third kappa shape index (κ3) is 3.17. The van der Waals surface area contributed by atoms with Gasteiger partial charge in [0.2, 0.25) is 0 Å². The van der Waals surface area contributed by atoms with Crippen molar-refractivity contribution in [1.29, 1.82) is 0 Å². The molecule has 1 heterocycles. The summed E-state index contributed by atoms with van der Waals surface area (Å²) >= 11 is 5.94. The molecule has 0 fully saturated rings. The van der Waals surface area contributed by atoms with Crippen molar-refractivity contribution in [2.24, 2.45) is 0 Å². The highest BCUT2D eigenvalue weighted by Gasteiger charge is 2.15. The summed E-state index contributed by atoms with van der Waals surface area (Å²) in [6.45, 7) is 1.58. The SMILES string of the molecule is Cc1cc(C(=O)OCc2c(F)cccc2Cl)c2ccccc2n1. The van der Waals surface area contributed by atoms with Gasteiger partial charge in [0.1, 0.15) is 12.4 Å². The molecule has 0 saturated carbocycles. The molecule has 2 aromatic carbocycles. The van der Waals surface area contributed by atoms with E-state index in [0.717, 1.165) is 0 Å². The van der Waals surface area contributed by atoms with Crippen LogP contribution in [-0.4, -0.2) is 11.0 Å². The Morgan fingerprint density at radius 3 is 2.78 bits per heavy atom. The van der Waals surface area contributed by atoms with Crippen LogP contribution < -0.4 is 0 Å². The lowest BCUT2D eigenvalue weighted by Gasteiger charge is -2.10. The molecule has 0 aliphatic rings. The quantitative estimate of drug-likeness (QED) is 0.654. The second kappa shape index (κ2) is 6.34. The molecular weight excluding hydrogens is 317 g/mol. The van der Waals surface area contributed by atoms with Crippen LogP contribution in [0.4, 0.5) is 4.39 Å². The summed E-state index contributed by atoms with van der Waals surface area (Å²) in [5.41, 5.74) is 1.99. The maximum Gasteiger partial charge on any atom is 0.339 e. The van der Waals surface area contributed by atoms with Crippen molar-refractivity contribution < 1.29 is 13.9 Å². The third-order valence-corrected chi connectivity index (χ3v) is 3.83. The van der Waals surface area contributed by atoms with Crippen molar-refractivity contribution >= 4 is 28.5 Å². The summed E-state index contributed by atoms with van der Waals surface area (Å²) in [7, 11) is 0. The van der Waals surface area contributed by atoms with Gasteiger partial charge in [-0.25, -0.2) is 9.18 Å². The molecule has 0 radical (unpaired) electrons. The Bertz CT molecular complexity index is 875. The van der Waals surface area contributed by atoms with Crippen LogP contribution in [0.2, 0.25) is 5.02 Å². The van der Waals surface area contributed by atoms with Crippen molar-refractivity contribution in [3.8, 4) is 0 Å². The minimum Gasteiger partial charge on any atom is -0.457 e. The van der Waals surface area contributed by atoms with Gasteiger partial charge in [0.25, 0.3) is 0 Å². The predicted octanol–water partition coefficient (Wildman–Crippen LogP) is 4.69. The van der Waals surface area contributed by atoms with Gasteiger partial charge in [0.05, 0.1) is 16.1 Å². The summed E-state index contributed by atoms with van der Waals surface area (Å²) < 4.78 is 19.0. The zero-order valence-electron chi connectivity index (χ0n) is 12.3. The number of halogens is 2. The second-order valence-corrected chi connectivity index (χ2v) is 5.51. The van der Waals surface area contributed by atoms with E-state index < -0.39 is 11.8 Å². The number of carbonyl (C=O) groups is 1. The van der Waals surface area contributed by atoms with E-state index in [-0.39, 0.29) is 17.2 Å². The highest BCUT2D eigenvalue weighted by molar-refractivity contribution is 6.31. The molecule has 0 bridgehead atoms. The van der Waals surface area contributed by atoms with E-state index in [1.54, 1.807) is 25.1 Å². The lowest BCUT2D eigenvalue weighted by Crippen LogP contribution is -2.08. The van der Waals surface area contributed by atoms with Gasteiger partial charge in [-0.15, -0.1) is 0 Å². The van der Waals surface area contributed by atoms with Crippen molar-refractivity contribution in [3.63, 3.8) is 0 Å². The molecule has 0 saturated heterocycles. The van der Waals surface area contributed by atoms with Crippen molar-refractivity contribution in [2.75, 3.05) is 0 Å². The Hall–Kier alpha value is -2.46. The lowest BCUT2D eigenvalue weighted by atomic mass is 10.1. The molecular formula is C18H13ClFNO2. The predicted molar refractivity (Wildman–Crippen MR) is 87.0 cm³/mol. The number of para-hydroxylation sites is 1. The first-order chi connectivity index (χ1) is 11.1. The van der Waals surface area contributed by atoms with E-state index in [1.165, 1.54) is 12.1 Å². The third-order valence-electron chi connectivity index (χ3n) is 3.47. The smallest absolute Gasteiger partial charge is 0.339 e. The van der Waals surface area contributed by atoms with Gasteiger partial charge < -0.3 is 4.74 Å². The second-order valence-electron chi connectivity index (χ2n) is 5.10. The Labute approximate surface area is 137 Å². The van der Waals surface area contributed by atoms with Gasteiger partial charge in [0.15, 0.2) is 0 Å². The van der Waals surface area contributed by atoms with E-state index in [1.807, 2.05) is 18.2 Å². The summed E-state index contributed by atoms with van der Waals surface area (Å²) in [5, 5.41) is 0.927. The highest BCUT2D eigenvalue weighted by Crippen LogP contribution is 2.22. The largest absolute Gasteiger partial charge is 0.457 e. The normalized spacial score (nSPS) is 10.7. The number of nitrogens with zero attached hydrogens (tertiary/aromatic N) is 1. The molecule has 3 rings (SSSR count). The molecule has 0 atom stereocenters. The average molecular weight is 330 g/mol. The minimum absolute atomic E-state index is 0.164. The molecule has 23 heavy (non-hydrogen) atoms. The van der Waals surface area contributed by atoms with Crippen LogP contribution in [0, 0.1) is 12.7 Å². The summed E-state index contributed by atoms with van der Waals surface area (Å²) in [4.78, 5) is 16.8. The molecule has 0 N–H and O–H groups in total. The Balaban J connectivity index is 1.90. The first-order valence-corrected chi connectivity index (χ1v) is 7.40. The zero-order valence-corrected chi connectivity index (χ0v) is 13.1. The lowest BCUT2D eigenvalue weighted by molar-refractivity contribution is 0.0471. The molecule has 5 heteroatoms. The molecule has 0 aliphatic heterocycles. The van der Waals surface area contributed by atoms with Gasteiger partial charge in [0, 0.05) is 16.6 Å². The van der Waals surface area contributed by atoms with Crippen LogP contribution in [0.5, 0.6) is 0 Å². The Morgan fingerprint density at radius 2 is 2.00 bits per heavy atom. The number of aromatic nitrogens is 1. The van der Waals surface area contributed by atoms with Crippen molar-refractivity contribution in [1.82, 2.24) is 4.98 Å². The summed E-state index contributed by atoms with van der Waals surface area (Å²) in [6.07, 6.45) is 0. The molecule has 0 unspecified atom stereocenters. The number of benzene rings is 2. The summed E-state index contributed by atoms with van der Waals surface area (Å²) in [5.74, 6) is -1.04. The number of rotatable bonds is 3. The first kappa shape index (κ1) is 15.4. The number of esters is 1. The number of hydrogen-bond acceptors (Lipinski definition) is 3. The Morgan fingerprint density at radius 1 is 1.22 bits per heavy atom. The monoisotopic (exact) mass is 329 g/mol. The van der Waals surface area contributed by atoms with Gasteiger partial charge in [-0.3, -0.25) is 4.98 Å². The number of ether oxygens (including phenoxy) is 1. The maximum atomic E-state index is 13.7. The fourth-order valence-electron chi connectivity index (χ4n) is 2.36. The molecule has 1 aromatic heterocycles. The van der Waals surface area contributed by atoms with Gasteiger partial charge in [-0.05, 0) is 31.2 Å². The standard InChI is InChI=1S/C18H13ClFNO2/c1-11-9-13(12-5-2-3-8-17(12)21-11)18(22)23-10-14-15(19)6-4-7-16(14)20/h2-9H,10H2,1H3. The highest BCUT2D eigenvalue weighted by atomic mass is 35.5. The number of fused-ring (bicyclic) bond motifs is 1. The molecule has 3 aromatic rings. The fourth-order valence-corrected chi connectivity index (χ4v) is 2.58. The number of aryl methyl sites for hydroxylation is 1. The van der Waals surface area contributed by atoms with Crippen LogP contribution in [0.1, 0.15) is 21.6 Å². The minimum atomic E-state index is -0.536. The Kier molecular flexibility index (Phi) is 4.26. The summed E-state index contributed by atoms with van der Waals surface area (Å²) in [6, 6.07) is 13.3. The van der Waals surface area contributed by atoms with E-state index in [4.69, 9.17) is 16.3 Å². The van der Waals surface area contributed by atoms with Gasteiger partial charge >= 0.3 is 5.97 Å². The van der Waals surface area contributed by atoms with Crippen LogP contribution >= 0.6 is 11.6 Å². The van der Waals surface area contributed by atoms with Gasteiger partial charge in [-0.1, -0.05) is 35.9 Å². The van der Waals surface area contributed by atoms with E-state index in [9.17, 15) is 9.18 Å². The van der Waals surface area contributed by atoms with Gasteiger partial charge in [-0.2, -0.15) is 0 Å². The molecule has 0 amide bonds. The molecule has 0 aliphatic carbocycles. The number of carbonyl (C=O) groups excluding carboxylic acids is 1. The van der Waals surface area contributed by atoms with E-state index >= 15 is 0 Å². The van der Waals surface area contributed by atoms with Crippen LogP contribution in [-0.2, 0) is 11.3 Å². The van der Waals surface area contributed by atoms with E-state index in [2.05, 4.69) is 4.98 Å². The molecule has 3 nitrogen and oxygen atoms in total. The zero-order chi connectivity index (χ0) is 16.4. The van der Waals surface area contributed by atoms with Crippen LogP contribution in [0.25, 0.3) is 10.9 Å². The van der Waals surface area contributed by atoms with Crippen molar-refractivity contribution in [3.05, 3.63) is 76.2 Å². The topological polar surface area (TPSA) is 39.2 Å². The maximum absolute atomic E-state index is 13.7. The van der Waals surface area contributed by atoms with Crippen LogP contribution in [0.3, 0.4) is 0 Å².